The lowest BCUT2D eigenvalue weighted by Gasteiger charge is -2.22. The fraction of sp³-hybridized carbons (Fsp3) is 0.417. The first-order valence-electron chi connectivity index (χ1n) is 5.36. The van der Waals surface area contributed by atoms with Crippen LogP contribution in [0.3, 0.4) is 0 Å². The van der Waals surface area contributed by atoms with Gasteiger partial charge in [-0.05, 0) is 30.4 Å². The van der Waals surface area contributed by atoms with E-state index in [1.807, 2.05) is 0 Å². The number of benzene rings is 1. The number of carbonyl (C=O) groups is 1. The molecule has 0 aliphatic carbocycles. The third-order valence-corrected chi connectivity index (χ3v) is 2.89. The minimum Gasteiger partial charge on any atom is -0.356 e. The van der Waals surface area contributed by atoms with Crippen LogP contribution in [0.1, 0.15) is 18.4 Å². The summed E-state index contributed by atoms with van der Waals surface area (Å²) in [5, 5.41) is 2.75. The van der Waals surface area contributed by atoms with Crippen LogP contribution in [0.15, 0.2) is 18.2 Å². The Balaban J connectivity index is 2.01. The summed E-state index contributed by atoms with van der Waals surface area (Å²) in [4.78, 5) is 10.9. The van der Waals surface area contributed by atoms with E-state index >= 15 is 0 Å². The Bertz CT molecular complexity index is 396. The SMILES string of the molecule is O=C1CCC(Cc2ccc(F)cc2F)CN1. The van der Waals surface area contributed by atoms with Gasteiger partial charge in [-0.1, -0.05) is 6.07 Å². The predicted molar refractivity (Wildman–Crippen MR) is 55.8 cm³/mol. The van der Waals surface area contributed by atoms with Gasteiger partial charge >= 0.3 is 0 Å². The molecule has 0 saturated carbocycles. The molecule has 0 bridgehead atoms. The molecule has 1 N–H and O–H groups in total. The number of hydrogen-bond acceptors (Lipinski definition) is 1. The van der Waals surface area contributed by atoms with Crippen LogP contribution in [0.4, 0.5) is 8.78 Å². The molecule has 1 fully saturated rings. The van der Waals surface area contributed by atoms with E-state index in [2.05, 4.69) is 5.32 Å². The lowest BCUT2D eigenvalue weighted by Crippen LogP contribution is -2.35. The molecule has 1 saturated heterocycles. The molecule has 0 radical (unpaired) electrons. The molecule has 1 unspecified atom stereocenters. The van der Waals surface area contributed by atoms with Gasteiger partial charge < -0.3 is 5.32 Å². The number of carbonyl (C=O) groups excluding carboxylic acids is 1. The average molecular weight is 225 g/mol. The highest BCUT2D eigenvalue weighted by Crippen LogP contribution is 2.19. The van der Waals surface area contributed by atoms with Crippen molar-refractivity contribution >= 4 is 5.91 Å². The van der Waals surface area contributed by atoms with Crippen molar-refractivity contribution in [3.8, 4) is 0 Å². The summed E-state index contributed by atoms with van der Waals surface area (Å²) in [7, 11) is 0. The first kappa shape index (κ1) is 11.0. The standard InChI is InChI=1S/C12H13F2NO/c13-10-3-2-9(11(14)6-10)5-8-1-4-12(16)15-7-8/h2-3,6,8H,1,4-5,7H2,(H,15,16). The second-order valence-corrected chi connectivity index (χ2v) is 4.15. The average Bonchev–Trinajstić information content (AvgIpc) is 2.25. The zero-order valence-electron chi connectivity index (χ0n) is 8.80. The summed E-state index contributed by atoms with van der Waals surface area (Å²) in [6.07, 6.45) is 1.81. The highest BCUT2D eigenvalue weighted by atomic mass is 19.1. The normalized spacial score (nSPS) is 20.6. The molecule has 4 heteroatoms. The molecule has 1 aromatic carbocycles. The minimum absolute atomic E-state index is 0.0517. The van der Waals surface area contributed by atoms with E-state index in [0.29, 0.717) is 24.9 Å². The van der Waals surface area contributed by atoms with Crippen molar-refractivity contribution in [3.63, 3.8) is 0 Å². The largest absolute Gasteiger partial charge is 0.356 e. The Morgan fingerprint density at radius 2 is 2.19 bits per heavy atom. The molecule has 0 aromatic heterocycles. The van der Waals surface area contributed by atoms with Crippen molar-refractivity contribution in [3.05, 3.63) is 35.4 Å². The Hall–Kier alpha value is -1.45. The van der Waals surface area contributed by atoms with Gasteiger partial charge in [0.05, 0.1) is 0 Å². The molecular weight excluding hydrogens is 212 g/mol. The molecule has 1 amide bonds. The van der Waals surface area contributed by atoms with Crippen molar-refractivity contribution in [1.29, 1.82) is 0 Å². The Kier molecular flexibility index (Phi) is 3.17. The summed E-state index contributed by atoms with van der Waals surface area (Å²) in [6, 6.07) is 3.64. The van der Waals surface area contributed by atoms with Gasteiger partial charge in [0.1, 0.15) is 11.6 Å². The summed E-state index contributed by atoms with van der Waals surface area (Å²) in [5.41, 5.74) is 0.516. The maximum absolute atomic E-state index is 13.4. The maximum atomic E-state index is 13.4. The molecule has 1 atom stereocenters. The van der Waals surface area contributed by atoms with E-state index in [1.54, 1.807) is 0 Å². The molecule has 1 aromatic rings. The van der Waals surface area contributed by atoms with Gasteiger partial charge in [-0.25, -0.2) is 8.78 Å². The number of hydrogen-bond donors (Lipinski definition) is 1. The Morgan fingerprint density at radius 3 is 2.81 bits per heavy atom. The van der Waals surface area contributed by atoms with Crippen LogP contribution in [-0.4, -0.2) is 12.5 Å². The van der Waals surface area contributed by atoms with Crippen molar-refractivity contribution in [2.45, 2.75) is 19.3 Å². The Morgan fingerprint density at radius 1 is 1.38 bits per heavy atom. The fourth-order valence-corrected chi connectivity index (χ4v) is 1.96. The van der Waals surface area contributed by atoms with Gasteiger partial charge in [-0.2, -0.15) is 0 Å². The van der Waals surface area contributed by atoms with Crippen LogP contribution < -0.4 is 5.32 Å². The predicted octanol–water partition coefficient (Wildman–Crippen LogP) is 2.03. The molecule has 1 aliphatic rings. The molecule has 86 valence electrons. The zero-order chi connectivity index (χ0) is 11.5. The molecule has 1 heterocycles. The van der Waals surface area contributed by atoms with Crippen molar-refractivity contribution in [2.24, 2.45) is 5.92 Å². The van der Waals surface area contributed by atoms with Crippen LogP contribution in [0.2, 0.25) is 0 Å². The van der Waals surface area contributed by atoms with Crippen LogP contribution >= 0.6 is 0 Å². The van der Waals surface area contributed by atoms with Gasteiger partial charge in [0.15, 0.2) is 0 Å². The quantitative estimate of drug-likeness (QED) is 0.819. The molecule has 2 rings (SSSR count). The zero-order valence-corrected chi connectivity index (χ0v) is 8.80. The summed E-state index contributed by atoms with van der Waals surface area (Å²) in [6.45, 7) is 0.579. The molecular formula is C12H13F2NO. The lowest BCUT2D eigenvalue weighted by molar-refractivity contribution is -0.122. The summed E-state index contributed by atoms with van der Waals surface area (Å²) < 4.78 is 26.0. The van der Waals surface area contributed by atoms with Crippen molar-refractivity contribution in [1.82, 2.24) is 5.32 Å². The second kappa shape index (κ2) is 4.60. The van der Waals surface area contributed by atoms with Crippen molar-refractivity contribution < 1.29 is 13.6 Å². The van der Waals surface area contributed by atoms with Gasteiger partial charge in [-0.3, -0.25) is 4.79 Å². The highest BCUT2D eigenvalue weighted by Gasteiger charge is 2.19. The highest BCUT2D eigenvalue weighted by molar-refractivity contribution is 5.76. The summed E-state index contributed by atoms with van der Waals surface area (Å²) in [5.74, 6) is -0.761. The lowest BCUT2D eigenvalue weighted by atomic mass is 9.92. The number of halogens is 2. The van der Waals surface area contributed by atoms with Gasteiger partial charge in [-0.15, -0.1) is 0 Å². The van der Waals surface area contributed by atoms with E-state index in [0.717, 1.165) is 12.5 Å². The first-order chi connectivity index (χ1) is 7.65. The van der Waals surface area contributed by atoms with Crippen LogP contribution in [0.5, 0.6) is 0 Å². The van der Waals surface area contributed by atoms with Crippen LogP contribution in [0.25, 0.3) is 0 Å². The van der Waals surface area contributed by atoms with E-state index in [1.165, 1.54) is 12.1 Å². The maximum Gasteiger partial charge on any atom is 0.220 e. The third kappa shape index (κ3) is 2.56. The molecule has 16 heavy (non-hydrogen) atoms. The van der Waals surface area contributed by atoms with Gasteiger partial charge in [0.25, 0.3) is 0 Å². The van der Waals surface area contributed by atoms with Gasteiger partial charge in [0.2, 0.25) is 5.91 Å². The van der Waals surface area contributed by atoms with E-state index in [9.17, 15) is 13.6 Å². The number of nitrogens with one attached hydrogen (secondary N) is 1. The molecule has 2 nitrogen and oxygen atoms in total. The molecule has 0 spiro atoms. The number of rotatable bonds is 2. The molecule has 1 aliphatic heterocycles. The fourth-order valence-electron chi connectivity index (χ4n) is 1.96. The van der Waals surface area contributed by atoms with Crippen LogP contribution in [0, 0.1) is 17.6 Å². The second-order valence-electron chi connectivity index (χ2n) is 4.15. The number of piperidine rings is 1. The van der Waals surface area contributed by atoms with Crippen LogP contribution in [-0.2, 0) is 11.2 Å². The summed E-state index contributed by atoms with van der Waals surface area (Å²) >= 11 is 0. The van der Waals surface area contributed by atoms with E-state index < -0.39 is 11.6 Å². The van der Waals surface area contributed by atoms with E-state index in [-0.39, 0.29) is 11.8 Å². The third-order valence-electron chi connectivity index (χ3n) is 2.89. The van der Waals surface area contributed by atoms with Crippen molar-refractivity contribution in [2.75, 3.05) is 6.54 Å². The number of amides is 1. The van der Waals surface area contributed by atoms with E-state index in [4.69, 9.17) is 0 Å². The van der Waals surface area contributed by atoms with Gasteiger partial charge in [0, 0.05) is 19.0 Å². The topological polar surface area (TPSA) is 29.1 Å². The first-order valence-corrected chi connectivity index (χ1v) is 5.36. The monoisotopic (exact) mass is 225 g/mol. The smallest absolute Gasteiger partial charge is 0.220 e. The minimum atomic E-state index is -0.557. The Labute approximate surface area is 92.7 Å².